The largest absolute Gasteiger partial charge is 0.415 e. The molecule has 4 aromatic heterocycles. The molecule has 4 aromatic carbocycles. The molecule has 0 saturated heterocycles. The van der Waals surface area contributed by atoms with Crippen LogP contribution >= 0.6 is 15.9 Å². The number of carbonyl (C=O) groups excluding carboxylic acids is 2. The van der Waals surface area contributed by atoms with Gasteiger partial charge in [-0.15, -0.1) is 20.4 Å². The summed E-state index contributed by atoms with van der Waals surface area (Å²) in [5, 5.41) is 17.9. The number of Topliss-reactive ketones (excluding diaryl/α,β-unsaturated/α-hetero) is 2. The van der Waals surface area contributed by atoms with Crippen LogP contribution in [0.25, 0.3) is 44.5 Å². The lowest BCUT2D eigenvalue weighted by Gasteiger charge is -2.07. The zero-order valence-electron chi connectivity index (χ0n) is 29.2. The molecule has 57 heavy (non-hydrogen) atoms. The maximum atomic E-state index is 12.6. The standard InChI is InChI=1S/C20H13F2N3O3.C12H9BrO.C8H5F2N3O2/c21-18(22)20-24-23-19(28-20)15-7-8-25(17(27)10-15)11-16(26)14-6-5-12-3-1-2-4-13(12)9-14;13-8-12(14)11-6-5-9-3-1-2-4-10(9)7-11;9-6(10)8-13-12-7(15-8)4-1-2-11-5(14)3-4/h1-10,18H,11H2;1-7H,8H2;1-3,6H,(H,11,14). The van der Waals surface area contributed by atoms with Crippen molar-refractivity contribution in [2.24, 2.45) is 0 Å². The highest BCUT2D eigenvalue weighted by atomic mass is 79.9. The van der Waals surface area contributed by atoms with Crippen LogP contribution in [0.3, 0.4) is 0 Å². The van der Waals surface area contributed by atoms with Gasteiger partial charge >= 0.3 is 12.9 Å². The van der Waals surface area contributed by atoms with Gasteiger partial charge in [0.1, 0.15) is 0 Å². The van der Waals surface area contributed by atoms with E-state index in [0.29, 0.717) is 16.5 Å². The summed E-state index contributed by atoms with van der Waals surface area (Å²) in [4.78, 5) is 49.6. The normalized spacial score (nSPS) is 10.9. The van der Waals surface area contributed by atoms with Crippen LogP contribution in [0.4, 0.5) is 17.6 Å². The van der Waals surface area contributed by atoms with E-state index >= 15 is 0 Å². The van der Waals surface area contributed by atoms with Crippen LogP contribution in [0, 0.1) is 0 Å². The molecule has 288 valence electrons. The second kappa shape index (κ2) is 18.2. The van der Waals surface area contributed by atoms with Crippen molar-refractivity contribution in [3.05, 3.63) is 165 Å². The Morgan fingerprint density at radius 2 is 1.14 bits per heavy atom. The Bertz CT molecular complexity index is 2800. The van der Waals surface area contributed by atoms with Crippen LogP contribution in [-0.4, -0.2) is 46.8 Å². The van der Waals surface area contributed by atoms with E-state index in [9.17, 15) is 36.7 Å². The van der Waals surface area contributed by atoms with Gasteiger partial charge in [-0.05, 0) is 45.8 Å². The van der Waals surface area contributed by atoms with Crippen molar-refractivity contribution in [1.82, 2.24) is 29.9 Å². The van der Waals surface area contributed by atoms with E-state index in [-0.39, 0.29) is 41.0 Å². The number of pyridine rings is 2. The molecule has 0 radical (unpaired) electrons. The fourth-order valence-corrected chi connectivity index (χ4v) is 5.60. The Hall–Kier alpha value is -6.88. The fraction of sp³-hybridized carbons (Fsp3) is 0.100. The van der Waals surface area contributed by atoms with Gasteiger partial charge in [0.2, 0.25) is 17.3 Å². The van der Waals surface area contributed by atoms with E-state index in [0.717, 1.165) is 27.8 Å². The second-order valence-corrected chi connectivity index (χ2v) is 12.5. The van der Waals surface area contributed by atoms with Crippen LogP contribution < -0.4 is 11.1 Å². The van der Waals surface area contributed by atoms with Crippen LogP contribution in [0.5, 0.6) is 0 Å². The molecule has 0 bridgehead atoms. The van der Waals surface area contributed by atoms with Gasteiger partial charge in [-0.1, -0.05) is 88.7 Å². The number of halogens is 5. The molecular formula is C40H27BrF4N6O6. The second-order valence-electron chi connectivity index (χ2n) is 11.9. The molecule has 1 N–H and O–H groups in total. The number of aromatic nitrogens is 6. The summed E-state index contributed by atoms with van der Waals surface area (Å²) in [5.41, 5.74) is 0.915. The van der Waals surface area contributed by atoms with E-state index in [1.165, 1.54) is 40.5 Å². The molecule has 0 atom stereocenters. The molecule has 0 saturated carbocycles. The van der Waals surface area contributed by atoms with Gasteiger partial charge in [0.25, 0.3) is 17.3 Å². The molecule has 12 nitrogen and oxygen atoms in total. The number of hydrogen-bond donors (Lipinski definition) is 1. The Morgan fingerprint density at radius 1 is 0.632 bits per heavy atom. The van der Waals surface area contributed by atoms with E-state index in [4.69, 9.17) is 4.42 Å². The van der Waals surface area contributed by atoms with Gasteiger partial charge < -0.3 is 18.4 Å². The van der Waals surface area contributed by atoms with Gasteiger partial charge in [0, 0.05) is 46.8 Å². The van der Waals surface area contributed by atoms with Crippen LogP contribution in [0.15, 0.2) is 140 Å². The number of carbonyl (C=O) groups is 2. The van der Waals surface area contributed by atoms with Crippen molar-refractivity contribution >= 4 is 49.0 Å². The summed E-state index contributed by atoms with van der Waals surface area (Å²) in [6.07, 6.45) is -2.94. The zero-order valence-corrected chi connectivity index (χ0v) is 30.8. The molecule has 8 aromatic rings. The molecule has 0 fully saturated rings. The number of aromatic amines is 1. The van der Waals surface area contributed by atoms with Gasteiger partial charge in [0.05, 0.1) is 11.9 Å². The minimum atomic E-state index is -2.89. The molecule has 17 heteroatoms. The summed E-state index contributed by atoms with van der Waals surface area (Å²) in [6, 6.07) is 32.1. The number of benzene rings is 4. The van der Waals surface area contributed by atoms with Crippen molar-refractivity contribution in [3.8, 4) is 22.9 Å². The van der Waals surface area contributed by atoms with E-state index in [1.807, 2.05) is 72.8 Å². The first-order valence-electron chi connectivity index (χ1n) is 16.7. The number of nitrogens with zero attached hydrogens (tertiary/aromatic N) is 5. The SMILES string of the molecule is O=C(CBr)c1ccc2ccccc2c1.O=C(Cn1ccc(-c2nnc(C(F)F)o2)cc1=O)c1ccc2ccccc2c1.O=c1cc(-c2nnc(C(F)F)o2)cc[nH]1. The van der Waals surface area contributed by atoms with Crippen molar-refractivity contribution in [3.63, 3.8) is 0 Å². The number of rotatable bonds is 9. The summed E-state index contributed by atoms with van der Waals surface area (Å²) in [6.45, 7) is -0.149. The Balaban J connectivity index is 0.000000159. The summed E-state index contributed by atoms with van der Waals surface area (Å²) >= 11 is 3.17. The smallest absolute Gasteiger partial charge is 0.314 e. The van der Waals surface area contributed by atoms with Crippen molar-refractivity contribution in [2.45, 2.75) is 19.4 Å². The summed E-state index contributed by atoms with van der Waals surface area (Å²) in [5.74, 6) is -1.96. The number of nitrogens with one attached hydrogen (secondary N) is 1. The molecule has 0 aliphatic carbocycles. The predicted octanol–water partition coefficient (Wildman–Crippen LogP) is 8.65. The maximum Gasteiger partial charge on any atom is 0.314 e. The fourth-order valence-electron chi connectivity index (χ4n) is 5.28. The van der Waals surface area contributed by atoms with Crippen molar-refractivity contribution in [1.29, 1.82) is 0 Å². The lowest BCUT2D eigenvalue weighted by molar-refractivity contribution is 0.0969. The van der Waals surface area contributed by atoms with Crippen LogP contribution in [-0.2, 0) is 6.54 Å². The van der Waals surface area contributed by atoms with E-state index in [1.54, 1.807) is 12.1 Å². The Kier molecular flexibility index (Phi) is 12.7. The van der Waals surface area contributed by atoms with Gasteiger partial charge in [0.15, 0.2) is 11.6 Å². The van der Waals surface area contributed by atoms with Crippen molar-refractivity contribution < 1.29 is 36.0 Å². The highest BCUT2D eigenvalue weighted by Gasteiger charge is 2.19. The number of hydrogen-bond acceptors (Lipinski definition) is 10. The quantitative estimate of drug-likeness (QED) is 0.0844. The zero-order chi connectivity index (χ0) is 40.5. The predicted molar refractivity (Wildman–Crippen MR) is 205 cm³/mol. The topological polar surface area (TPSA) is 167 Å². The molecule has 0 amide bonds. The number of alkyl halides is 5. The Labute approximate surface area is 327 Å². The lowest BCUT2D eigenvalue weighted by Crippen LogP contribution is -2.23. The third-order valence-corrected chi connectivity index (χ3v) is 8.61. The first-order valence-corrected chi connectivity index (χ1v) is 17.8. The minimum Gasteiger partial charge on any atom is -0.415 e. The molecule has 0 aliphatic heterocycles. The molecule has 8 rings (SSSR count). The van der Waals surface area contributed by atoms with E-state index < -0.39 is 30.2 Å². The van der Waals surface area contributed by atoms with E-state index in [2.05, 4.69) is 45.7 Å². The molecule has 0 spiro atoms. The van der Waals surface area contributed by atoms with Crippen molar-refractivity contribution in [2.75, 3.05) is 5.33 Å². The molecule has 0 unspecified atom stereocenters. The average molecular weight is 844 g/mol. The first kappa shape index (κ1) is 39.8. The lowest BCUT2D eigenvalue weighted by atomic mass is 10.0. The van der Waals surface area contributed by atoms with Crippen LogP contribution in [0.1, 0.15) is 45.3 Å². The highest BCUT2D eigenvalue weighted by molar-refractivity contribution is 9.09. The number of fused-ring (bicyclic) bond motifs is 2. The van der Waals surface area contributed by atoms with Gasteiger partial charge in [-0.3, -0.25) is 19.2 Å². The average Bonchev–Trinajstić information content (AvgIpc) is 3.94. The highest BCUT2D eigenvalue weighted by Crippen LogP contribution is 2.24. The molecular weight excluding hydrogens is 816 g/mol. The Morgan fingerprint density at radius 3 is 1.61 bits per heavy atom. The van der Waals surface area contributed by atoms with Gasteiger partial charge in [-0.25, -0.2) is 0 Å². The third kappa shape index (κ3) is 10.1. The summed E-state index contributed by atoms with van der Waals surface area (Å²) in [7, 11) is 0. The maximum absolute atomic E-state index is 12.6. The third-order valence-electron chi connectivity index (χ3n) is 8.10. The molecule has 4 heterocycles. The minimum absolute atomic E-state index is 0.101. The van der Waals surface area contributed by atoms with Crippen LogP contribution in [0.2, 0.25) is 0 Å². The number of H-pyrrole nitrogens is 1. The molecule has 0 aliphatic rings. The monoisotopic (exact) mass is 842 g/mol. The van der Waals surface area contributed by atoms with Gasteiger partial charge in [-0.2, -0.15) is 17.6 Å². The first-order chi connectivity index (χ1) is 27.5. The number of ketones is 2. The summed E-state index contributed by atoms with van der Waals surface area (Å²) < 4.78 is 60.0.